The molecule has 0 saturated carbocycles. The lowest BCUT2D eigenvalue weighted by atomic mass is 10.3. The Labute approximate surface area is 157 Å². The van der Waals surface area contributed by atoms with Crippen molar-refractivity contribution in [3.63, 3.8) is 0 Å². The Kier molecular flexibility index (Phi) is 7.43. The van der Waals surface area contributed by atoms with E-state index in [0.717, 1.165) is 12.0 Å². The number of sulfonamides is 1. The van der Waals surface area contributed by atoms with E-state index in [1.807, 2.05) is 5.38 Å². The number of rotatable bonds is 10. The second-order valence-electron chi connectivity index (χ2n) is 5.42. The molecule has 0 aliphatic heterocycles. The molecule has 1 heterocycles. The summed E-state index contributed by atoms with van der Waals surface area (Å²) in [6.07, 6.45) is 1.14. The summed E-state index contributed by atoms with van der Waals surface area (Å²) in [5, 5.41) is 4.53. The fourth-order valence-corrected chi connectivity index (χ4v) is 3.64. The second-order valence-corrected chi connectivity index (χ2v) is 8.35. The molecule has 26 heavy (non-hydrogen) atoms. The van der Waals surface area contributed by atoms with Gasteiger partial charge in [-0.15, -0.1) is 11.3 Å². The number of nitrogens with one attached hydrogen (secondary N) is 1. The van der Waals surface area contributed by atoms with Crippen molar-refractivity contribution in [2.24, 2.45) is 0 Å². The van der Waals surface area contributed by atoms with Gasteiger partial charge in [-0.25, -0.2) is 8.42 Å². The fraction of sp³-hybridized carbons (Fsp3) is 0.353. The van der Waals surface area contributed by atoms with Crippen LogP contribution in [0.1, 0.15) is 9.67 Å². The molecule has 0 aliphatic carbocycles. The number of hydrogen-bond acceptors (Lipinski definition) is 6. The van der Waals surface area contributed by atoms with Gasteiger partial charge in [0.2, 0.25) is 10.0 Å². The van der Waals surface area contributed by atoms with E-state index >= 15 is 0 Å². The van der Waals surface area contributed by atoms with Gasteiger partial charge in [-0.1, -0.05) is 6.07 Å². The first-order chi connectivity index (χ1) is 12.4. The van der Waals surface area contributed by atoms with Crippen molar-refractivity contribution in [2.45, 2.75) is 0 Å². The first kappa shape index (κ1) is 20.2. The van der Waals surface area contributed by atoms with E-state index in [1.165, 1.54) is 15.6 Å². The van der Waals surface area contributed by atoms with Crippen LogP contribution in [0.2, 0.25) is 0 Å². The molecule has 1 N–H and O–H groups in total. The molecule has 0 atom stereocenters. The maximum Gasteiger partial charge on any atom is 0.261 e. The average Bonchev–Trinajstić information content (AvgIpc) is 3.14. The van der Waals surface area contributed by atoms with Crippen LogP contribution in [0.3, 0.4) is 0 Å². The molecule has 0 spiro atoms. The quantitative estimate of drug-likeness (QED) is 0.660. The molecule has 0 unspecified atom stereocenters. The fourth-order valence-electron chi connectivity index (χ4n) is 2.17. The van der Waals surface area contributed by atoms with Gasteiger partial charge >= 0.3 is 0 Å². The van der Waals surface area contributed by atoms with E-state index in [9.17, 15) is 13.2 Å². The number of benzene rings is 1. The third-order valence-corrected chi connectivity index (χ3v) is 5.70. The summed E-state index contributed by atoms with van der Waals surface area (Å²) in [5.41, 5.74) is 0. The SMILES string of the molecule is COc1ccc(OCCN(CCNC(=O)c2cccs2)S(C)(=O)=O)cc1. The summed E-state index contributed by atoms with van der Waals surface area (Å²) in [4.78, 5) is 12.5. The van der Waals surface area contributed by atoms with Crippen LogP contribution in [0.15, 0.2) is 41.8 Å². The molecule has 0 bridgehead atoms. The van der Waals surface area contributed by atoms with E-state index in [0.29, 0.717) is 10.6 Å². The minimum Gasteiger partial charge on any atom is -0.497 e. The minimum absolute atomic E-state index is 0.182. The van der Waals surface area contributed by atoms with Gasteiger partial charge in [0.05, 0.1) is 18.2 Å². The van der Waals surface area contributed by atoms with Gasteiger partial charge in [-0.3, -0.25) is 4.79 Å². The molecule has 0 saturated heterocycles. The minimum atomic E-state index is -3.40. The van der Waals surface area contributed by atoms with Crippen molar-refractivity contribution in [1.29, 1.82) is 0 Å². The standard InChI is InChI=1S/C17H22N2O5S2/c1-23-14-5-7-15(8-6-14)24-12-11-19(26(2,21)22)10-9-18-17(20)16-4-3-13-25-16/h3-8,13H,9-12H2,1-2H3,(H,18,20). The molecule has 7 nitrogen and oxygen atoms in total. The monoisotopic (exact) mass is 398 g/mol. The van der Waals surface area contributed by atoms with Gasteiger partial charge in [0.15, 0.2) is 0 Å². The van der Waals surface area contributed by atoms with Gasteiger partial charge in [0.1, 0.15) is 18.1 Å². The number of carbonyl (C=O) groups is 1. The predicted octanol–water partition coefficient (Wildman–Crippen LogP) is 1.83. The van der Waals surface area contributed by atoms with Crippen LogP contribution in [0.5, 0.6) is 11.5 Å². The van der Waals surface area contributed by atoms with Crippen LogP contribution in [0.4, 0.5) is 0 Å². The smallest absolute Gasteiger partial charge is 0.261 e. The molecule has 142 valence electrons. The first-order valence-corrected chi connectivity index (χ1v) is 10.7. The van der Waals surface area contributed by atoms with Crippen molar-refractivity contribution in [3.05, 3.63) is 46.7 Å². The lowest BCUT2D eigenvalue weighted by molar-refractivity contribution is 0.0955. The van der Waals surface area contributed by atoms with Crippen LogP contribution in [0.25, 0.3) is 0 Å². The van der Waals surface area contributed by atoms with Crippen LogP contribution in [-0.4, -0.2) is 58.2 Å². The molecule has 9 heteroatoms. The highest BCUT2D eigenvalue weighted by Gasteiger charge is 2.17. The van der Waals surface area contributed by atoms with Crippen molar-refractivity contribution in [2.75, 3.05) is 39.6 Å². The Bertz CT molecular complexity index is 789. The summed E-state index contributed by atoms with van der Waals surface area (Å²) in [6, 6.07) is 10.6. The lowest BCUT2D eigenvalue weighted by Crippen LogP contribution is -2.40. The van der Waals surface area contributed by atoms with Crippen molar-refractivity contribution >= 4 is 27.3 Å². The Balaban J connectivity index is 1.80. The maximum absolute atomic E-state index is 11.9. The van der Waals surface area contributed by atoms with Gasteiger partial charge in [0.25, 0.3) is 5.91 Å². The number of nitrogens with zero attached hydrogens (tertiary/aromatic N) is 1. The van der Waals surface area contributed by atoms with E-state index in [1.54, 1.807) is 43.5 Å². The zero-order valence-electron chi connectivity index (χ0n) is 14.7. The largest absolute Gasteiger partial charge is 0.497 e. The van der Waals surface area contributed by atoms with Gasteiger partial charge in [-0.05, 0) is 35.7 Å². The van der Waals surface area contributed by atoms with E-state index in [4.69, 9.17) is 9.47 Å². The number of methoxy groups -OCH3 is 1. The Morgan fingerprint density at radius 1 is 1.15 bits per heavy atom. The number of ether oxygens (including phenoxy) is 2. The van der Waals surface area contributed by atoms with Crippen LogP contribution in [0, 0.1) is 0 Å². The van der Waals surface area contributed by atoms with Crippen molar-refractivity contribution in [3.8, 4) is 11.5 Å². The summed E-state index contributed by atoms with van der Waals surface area (Å²) >= 11 is 1.34. The number of carbonyl (C=O) groups excluding carboxylic acids is 1. The number of thiophene rings is 1. The van der Waals surface area contributed by atoms with Gasteiger partial charge < -0.3 is 14.8 Å². The Hall–Kier alpha value is -2.10. The van der Waals surface area contributed by atoms with Gasteiger partial charge in [-0.2, -0.15) is 4.31 Å². The normalized spacial score (nSPS) is 11.3. The summed E-state index contributed by atoms with van der Waals surface area (Å²) in [7, 11) is -1.82. The van der Waals surface area contributed by atoms with Gasteiger partial charge in [0, 0.05) is 19.6 Å². The zero-order valence-corrected chi connectivity index (χ0v) is 16.3. The molecule has 1 amide bonds. The highest BCUT2D eigenvalue weighted by Crippen LogP contribution is 2.17. The Morgan fingerprint density at radius 2 is 1.85 bits per heavy atom. The molecule has 1 aromatic carbocycles. The van der Waals surface area contributed by atoms with E-state index < -0.39 is 10.0 Å². The Morgan fingerprint density at radius 3 is 2.42 bits per heavy atom. The highest BCUT2D eigenvalue weighted by molar-refractivity contribution is 7.88. The summed E-state index contributed by atoms with van der Waals surface area (Å²) in [6.45, 7) is 0.812. The molecular weight excluding hydrogens is 376 g/mol. The first-order valence-electron chi connectivity index (χ1n) is 7.94. The lowest BCUT2D eigenvalue weighted by Gasteiger charge is -2.20. The second kappa shape index (κ2) is 9.56. The highest BCUT2D eigenvalue weighted by atomic mass is 32.2. The predicted molar refractivity (Wildman–Crippen MR) is 102 cm³/mol. The van der Waals surface area contributed by atoms with Crippen LogP contribution >= 0.6 is 11.3 Å². The molecule has 2 aromatic rings. The summed E-state index contributed by atoms with van der Waals surface area (Å²) < 4.78 is 35.7. The molecule has 1 aromatic heterocycles. The molecule has 2 rings (SSSR count). The van der Waals surface area contributed by atoms with Crippen molar-refractivity contribution in [1.82, 2.24) is 9.62 Å². The van der Waals surface area contributed by atoms with E-state index in [2.05, 4.69) is 5.32 Å². The van der Waals surface area contributed by atoms with E-state index in [-0.39, 0.29) is 32.1 Å². The van der Waals surface area contributed by atoms with Crippen LogP contribution in [-0.2, 0) is 10.0 Å². The average molecular weight is 399 g/mol. The summed E-state index contributed by atoms with van der Waals surface area (Å²) in [5.74, 6) is 1.14. The number of hydrogen-bond donors (Lipinski definition) is 1. The molecule has 0 aliphatic rings. The molecule has 0 fully saturated rings. The molecular formula is C17H22N2O5S2. The zero-order chi connectivity index (χ0) is 19.0. The maximum atomic E-state index is 11.9. The number of amides is 1. The van der Waals surface area contributed by atoms with Crippen molar-refractivity contribution < 1.29 is 22.7 Å². The topological polar surface area (TPSA) is 84.9 Å². The molecule has 0 radical (unpaired) electrons. The third-order valence-electron chi connectivity index (χ3n) is 3.53. The third kappa shape index (κ3) is 6.32. The van der Waals surface area contributed by atoms with Crippen LogP contribution < -0.4 is 14.8 Å².